The number of pyridine rings is 1. The van der Waals surface area contributed by atoms with Gasteiger partial charge in [0.2, 0.25) is 0 Å². The Morgan fingerprint density at radius 1 is 1.39 bits per heavy atom. The van der Waals surface area contributed by atoms with Crippen molar-refractivity contribution in [3.63, 3.8) is 0 Å². The van der Waals surface area contributed by atoms with Crippen molar-refractivity contribution in [2.75, 3.05) is 13.7 Å². The molecule has 0 radical (unpaired) electrons. The van der Waals surface area contributed by atoms with E-state index in [1.807, 2.05) is 0 Å². The Kier molecular flexibility index (Phi) is 5.31. The van der Waals surface area contributed by atoms with Crippen molar-refractivity contribution in [2.24, 2.45) is 0 Å². The molecule has 0 atom stereocenters. The van der Waals surface area contributed by atoms with Gasteiger partial charge in [0.05, 0.1) is 18.4 Å². The molecule has 0 saturated carbocycles. The first kappa shape index (κ1) is 16.0. The van der Waals surface area contributed by atoms with Gasteiger partial charge in [0, 0.05) is 17.8 Å². The molecule has 1 aromatic carbocycles. The highest BCUT2D eigenvalue weighted by Crippen LogP contribution is 2.28. The maximum Gasteiger partial charge on any atom is 0.341 e. The first-order chi connectivity index (χ1) is 11.1. The second-order valence-corrected chi connectivity index (χ2v) is 4.47. The van der Waals surface area contributed by atoms with E-state index in [-0.39, 0.29) is 0 Å². The number of methoxy groups -OCH3 is 1. The SMILES string of the molecule is COc1ccc(/C=C(/C#N)c2ccccn2)c(OCC(=O)O)c1. The van der Waals surface area contributed by atoms with Crippen molar-refractivity contribution in [3.8, 4) is 17.6 Å². The molecule has 6 heteroatoms. The van der Waals surface area contributed by atoms with Gasteiger partial charge >= 0.3 is 5.97 Å². The summed E-state index contributed by atoms with van der Waals surface area (Å²) in [7, 11) is 1.50. The van der Waals surface area contributed by atoms with Gasteiger partial charge in [-0.1, -0.05) is 6.07 Å². The Morgan fingerprint density at radius 3 is 2.83 bits per heavy atom. The fourth-order valence-electron chi connectivity index (χ4n) is 1.87. The molecular formula is C17H14N2O4. The standard InChI is InChI=1S/C17H14N2O4/c1-22-14-6-5-12(16(9-14)23-11-17(20)21)8-13(10-18)15-4-2-3-7-19-15/h2-9H,11H2,1H3,(H,20,21)/b13-8-. The second kappa shape index (κ2) is 7.61. The van der Waals surface area contributed by atoms with Crippen LogP contribution in [0.15, 0.2) is 42.6 Å². The Morgan fingerprint density at radius 2 is 2.22 bits per heavy atom. The number of hydrogen-bond donors (Lipinski definition) is 1. The molecule has 0 spiro atoms. The summed E-state index contributed by atoms with van der Waals surface area (Å²) in [6.07, 6.45) is 3.19. The topological polar surface area (TPSA) is 92.4 Å². The molecule has 0 fully saturated rings. The summed E-state index contributed by atoms with van der Waals surface area (Å²) >= 11 is 0. The molecule has 2 rings (SSSR count). The van der Waals surface area contributed by atoms with E-state index in [4.69, 9.17) is 14.6 Å². The lowest BCUT2D eigenvalue weighted by Crippen LogP contribution is -2.10. The molecule has 0 amide bonds. The second-order valence-electron chi connectivity index (χ2n) is 4.47. The smallest absolute Gasteiger partial charge is 0.341 e. The number of allylic oxidation sites excluding steroid dienone is 1. The Hall–Kier alpha value is -3.33. The summed E-state index contributed by atoms with van der Waals surface area (Å²) in [5.74, 6) is -0.248. The fourth-order valence-corrected chi connectivity index (χ4v) is 1.87. The minimum absolute atomic E-state index is 0.315. The van der Waals surface area contributed by atoms with Gasteiger partial charge in [0.25, 0.3) is 0 Å². The zero-order chi connectivity index (χ0) is 16.7. The molecule has 1 heterocycles. The molecule has 6 nitrogen and oxygen atoms in total. The van der Waals surface area contributed by atoms with Crippen molar-refractivity contribution < 1.29 is 19.4 Å². The maximum absolute atomic E-state index is 10.7. The number of hydrogen-bond acceptors (Lipinski definition) is 5. The van der Waals surface area contributed by atoms with Gasteiger partial charge < -0.3 is 14.6 Å². The first-order valence-electron chi connectivity index (χ1n) is 6.70. The van der Waals surface area contributed by atoms with Crippen molar-refractivity contribution in [3.05, 3.63) is 53.9 Å². The van der Waals surface area contributed by atoms with Gasteiger partial charge in [-0.15, -0.1) is 0 Å². The summed E-state index contributed by atoms with van der Waals surface area (Å²) < 4.78 is 10.4. The molecule has 0 bridgehead atoms. The Balaban J connectivity index is 2.42. The largest absolute Gasteiger partial charge is 0.497 e. The lowest BCUT2D eigenvalue weighted by Gasteiger charge is -2.10. The third-order valence-corrected chi connectivity index (χ3v) is 2.93. The molecule has 0 aliphatic carbocycles. The van der Waals surface area contributed by atoms with Crippen molar-refractivity contribution in [1.29, 1.82) is 5.26 Å². The predicted molar refractivity (Wildman–Crippen MR) is 83.8 cm³/mol. The van der Waals surface area contributed by atoms with Crippen LogP contribution in [0.5, 0.6) is 11.5 Å². The van der Waals surface area contributed by atoms with E-state index in [0.717, 1.165) is 0 Å². The first-order valence-corrected chi connectivity index (χ1v) is 6.70. The fraction of sp³-hybridized carbons (Fsp3) is 0.118. The normalized spacial score (nSPS) is 10.7. The number of aliphatic carboxylic acids is 1. The molecular weight excluding hydrogens is 296 g/mol. The molecule has 23 heavy (non-hydrogen) atoms. The van der Waals surface area contributed by atoms with Crippen LogP contribution in [0.3, 0.4) is 0 Å². The van der Waals surface area contributed by atoms with Gasteiger partial charge in [-0.05, 0) is 30.3 Å². The van der Waals surface area contributed by atoms with E-state index >= 15 is 0 Å². The molecule has 116 valence electrons. The minimum Gasteiger partial charge on any atom is -0.497 e. The number of nitrogens with zero attached hydrogens (tertiary/aromatic N) is 2. The zero-order valence-electron chi connectivity index (χ0n) is 12.4. The molecule has 1 aromatic heterocycles. The third kappa shape index (κ3) is 4.32. The van der Waals surface area contributed by atoms with E-state index in [2.05, 4.69) is 11.1 Å². The number of ether oxygens (including phenoxy) is 2. The number of carbonyl (C=O) groups is 1. The van der Waals surface area contributed by atoms with Crippen molar-refractivity contribution >= 4 is 17.6 Å². The van der Waals surface area contributed by atoms with E-state index in [0.29, 0.717) is 28.3 Å². The quantitative estimate of drug-likeness (QED) is 0.824. The Labute approximate surface area is 133 Å². The number of carboxylic acids is 1. The van der Waals surface area contributed by atoms with Crippen LogP contribution in [0.2, 0.25) is 0 Å². The third-order valence-electron chi connectivity index (χ3n) is 2.93. The number of carboxylic acid groups (broad SMARTS) is 1. The molecule has 0 saturated heterocycles. The van der Waals surface area contributed by atoms with Gasteiger partial charge in [-0.3, -0.25) is 4.98 Å². The lowest BCUT2D eigenvalue weighted by molar-refractivity contribution is -0.139. The van der Waals surface area contributed by atoms with Crippen LogP contribution in [-0.4, -0.2) is 29.8 Å². The Bertz CT molecular complexity index is 764. The van der Waals surface area contributed by atoms with Crippen LogP contribution in [0.4, 0.5) is 0 Å². The average Bonchev–Trinajstić information content (AvgIpc) is 2.59. The summed E-state index contributed by atoms with van der Waals surface area (Å²) in [5, 5.41) is 18.1. The highest BCUT2D eigenvalue weighted by Gasteiger charge is 2.09. The van der Waals surface area contributed by atoms with Crippen LogP contribution in [-0.2, 0) is 4.79 Å². The average molecular weight is 310 g/mol. The molecule has 0 unspecified atom stereocenters. The monoisotopic (exact) mass is 310 g/mol. The van der Waals surface area contributed by atoms with Gasteiger partial charge in [0.15, 0.2) is 6.61 Å². The predicted octanol–water partition coefficient (Wildman–Crippen LogP) is 2.62. The van der Waals surface area contributed by atoms with Crippen molar-refractivity contribution in [1.82, 2.24) is 4.98 Å². The van der Waals surface area contributed by atoms with Crippen LogP contribution >= 0.6 is 0 Å². The molecule has 2 aromatic rings. The van der Waals surface area contributed by atoms with Crippen LogP contribution < -0.4 is 9.47 Å². The van der Waals surface area contributed by atoms with E-state index in [1.165, 1.54) is 7.11 Å². The van der Waals surface area contributed by atoms with Gasteiger partial charge in [-0.25, -0.2) is 4.79 Å². The van der Waals surface area contributed by atoms with E-state index in [1.54, 1.807) is 48.7 Å². The number of aromatic nitrogens is 1. The molecule has 0 aliphatic heterocycles. The van der Waals surface area contributed by atoms with Crippen LogP contribution in [0.25, 0.3) is 11.6 Å². The summed E-state index contributed by atoms with van der Waals surface area (Å²) in [4.78, 5) is 14.8. The zero-order valence-corrected chi connectivity index (χ0v) is 12.4. The maximum atomic E-state index is 10.7. The minimum atomic E-state index is -1.09. The van der Waals surface area contributed by atoms with Crippen LogP contribution in [0, 0.1) is 11.3 Å². The highest BCUT2D eigenvalue weighted by atomic mass is 16.5. The van der Waals surface area contributed by atoms with E-state index < -0.39 is 12.6 Å². The summed E-state index contributed by atoms with van der Waals surface area (Å²) in [6, 6.07) is 12.3. The molecule has 0 aliphatic rings. The molecule has 1 N–H and O–H groups in total. The van der Waals surface area contributed by atoms with E-state index in [9.17, 15) is 10.1 Å². The number of rotatable bonds is 6. The number of benzene rings is 1. The number of nitriles is 1. The summed E-state index contributed by atoms with van der Waals surface area (Å²) in [5.41, 5.74) is 1.43. The lowest BCUT2D eigenvalue weighted by atomic mass is 10.1. The van der Waals surface area contributed by atoms with Crippen LogP contribution in [0.1, 0.15) is 11.3 Å². The van der Waals surface area contributed by atoms with Gasteiger partial charge in [0.1, 0.15) is 17.6 Å². The highest BCUT2D eigenvalue weighted by molar-refractivity contribution is 5.89. The van der Waals surface area contributed by atoms with Gasteiger partial charge in [-0.2, -0.15) is 5.26 Å². The summed E-state index contributed by atoms with van der Waals surface area (Å²) in [6.45, 7) is -0.487. The van der Waals surface area contributed by atoms with Crippen molar-refractivity contribution in [2.45, 2.75) is 0 Å².